The fourth-order valence-electron chi connectivity index (χ4n) is 3.35. The van der Waals surface area contributed by atoms with E-state index >= 15 is 0 Å². The van der Waals surface area contributed by atoms with E-state index in [0.29, 0.717) is 4.90 Å². The van der Waals surface area contributed by atoms with Crippen LogP contribution in [0.5, 0.6) is 0 Å². The molecular formula is C21H20O3S. The molecule has 0 aliphatic heterocycles. The molecule has 3 nitrogen and oxygen atoms in total. The number of aliphatic hydroxyl groups is 1. The van der Waals surface area contributed by atoms with Crippen molar-refractivity contribution < 1.29 is 13.5 Å². The summed E-state index contributed by atoms with van der Waals surface area (Å²) in [6.45, 7) is 0.0406. The Kier molecular flexibility index (Phi) is 3.71. The summed E-state index contributed by atoms with van der Waals surface area (Å²) >= 11 is 0. The predicted octanol–water partition coefficient (Wildman–Crippen LogP) is 3.84. The number of hydrogen-bond donors (Lipinski definition) is 1. The van der Waals surface area contributed by atoms with E-state index < -0.39 is 9.84 Å². The summed E-state index contributed by atoms with van der Waals surface area (Å²) < 4.78 is 23.4. The second-order valence-corrected chi connectivity index (χ2v) is 9.02. The molecule has 1 fully saturated rings. The van der Waals surface area contributed by atoms with Gasteiger partial charge in [0.15, 0.2) is 9.84 Å². The molecule has 4 heteroatoms. The van der Waals surface area contributed by atoms with Crippen molar-refractivity contribution in [1.82, 2.24) is 0 Å². The molecule has 0 saturated heterocycles. The molecule has 0 amide bonds. The molecule has 0 unspecified atom stereocenters. The third-order valence-electron chi connectivity index (χ3n) is 5.02. The summed E-state index contributed by atoms with van der Waals surface area (Å²) in [4.78, 5) is 0.341. The van der Waals surface area contributed by atoms with E-state index in [1.54, 1.807) is 12.1 Å². The SMILES string of the molecule is CS(=O)(=O)c1ccc(C2=CC3(C=C2c2ccc(CO)cc2)CC3)cc1. The Hall–Kier alpha value is -2.17. The van der Waals surface area contributed by atoms with Crippen molar-refractivity contribution in [2.24, 2.45) is 5.41 Å². The van der Waals surface area contributed by atoms with Crippen LogP contribution in [0, 0.1) is 5.41 Å². The minimum Gasteiger partial charge on any atom is -0.392 e. The first-order valence-corrected chi connectivity index (χ1v) is 10.3. The standard InChI is InChI=1S/C21H20O3S/c1-25(23,24)18-8-6-17(7-9-18)20-13-21(10-11-21)12-19(20)16-4-2-15(14-22)3-5-16/h2-9,12-13,22H,10-11,14H2,1H3. The van der Waals surface area contributed by atoms with Gasteiger partial charge in [0.25, 0.3) is 0 Å². The van der Waals surface area contributed by atoms with E-state index in [1.165, 1.54) is 11.8 Å². The number of aliphatic hydroxyl groups excluding tert-OH is 1. The van der Waals surface area contributed by atoms with Crippen molar-refractivity contribution >= 4 is 21.0 Å². The minimum absolute atomic E-state index is 0.0406. The molecule has 0 radical (unpaired) electrons. The van der Waals surface area contributed by atoms with E-state index in [2.05, 4.69) is 12.2 Å². The molecule has 0 bridgehead atoms. The second-order valence-electron chi connectivity index (χ2n) is 7.00. The Labute approximate surface area is 148 Å². The highest BCUT2D eigenvalue weighted by Crippen LogP contribution is 2.57. The molecule has 2 aromatic rings. The Balaban J connectivity index is 1.73. The lowest BCUT2D eigenvalue weighted by Crippen LogP contribution is -1.97. The molecule has 1 spiro atoms. The highest BCUT2D eigenvalue weighted by Gasteiger charge is 2.43. The zero-order valence-corrected chi connectivity index (χ0v) is 14.9. The van der Waals surface area contributed by atoms with Gasteiger partial charge in [0.1, 0.15) is 0 Å². The van der Waals surface area contributed by atoms with Crippen molar-refractivity contribution in [2.75, 3.05) is 6.26 Å². The Bertz CT molecular complexity index is 974. The van der Waals surface area contributed by atoms with Crippen LogP contribution in [0.15, 0.2) is 65.6 Å². The molecule has 2 aliphatic rings. The van der Waals surface area contributed by atoms with Crippen molar-refractivity contribution in [3.05, 3.63) is 77.4 Å². The second kappa shape index (κ2) is 5.68. The third kappa shape index (κ3) is 3.08. The van der Waals surface area contributed by atoms with Gasteiger partial charge in [-0.1, -0.05) is 48.6 Å². The summed E-state index contributed by atoms with van der Waals surface area (Å²) in [5.74, 6) is 0. The molecule has 0 heterocycles. The van der Waals surface area contributed by atoms with Gasteiger partial charge in [-0.15, -0.1) is 0 Å². The number of allylic oxidation sites excluding steroid dienone is 4. The highest BCUT2D eigenvalue weighted by molar-refractivity contribution is 7.90. The topological polar surface area (TPSA) is 54.4 Å². The van der Waals surface area contributed by atoms with E-state index in [1.807, 2.05) is 36.4 Å². The molecule has 2 aromatic carbocycles. The summed E-state index contributed by atoms with van der Waals surface area (Å²) in [5.41, 5.74) is 5.58. The molecule has 1 N–H and O–H groups in total. The monoisotopic (exact) mass is 352 g/mol. The van der Waals surface area contributed by atoms with Gasteiger partial charge in [0.05, 0.1) is 11.5 Å². The average Bonchev–Trinajstić information content (AvgIpc) is 3.25. The first-order chi connectivity index (χ1) is 11.9. The first kappa shape index (κ1) is 16.3. The van der Waals surface area contributed by atoms with E-state index in [4.69, 9.17) is 0 Å². The van der Waals surface area contributed by atoms with Gasteiger partial charge >= 0.3 is 0 Å². The van der Waals surface area contributed by atoms with Crippen LogP contribution in [0.4, 0.5) is 0 Å². The Morgan fingerprint density at radius 1 is 0.880 bits per heavy atom. The predicted molar refractivity (Wildman–Crippen MR) is 99.5 cm³/mol. The van der Waals surface area contributed by atoms with Crippen LogP contribution in [0.3, 0.4) is 0 Å². The van der Waals surface area contributed by atoms with Crippen LogP contribution in [0.1, 0.15) is 29.5 Å². The van der Waals surface area contributed by atoms with Crippen molar-refractivity contribution in [3.63, 3.8) is 0 Å². The number of rotatable bonds is 4. The smallest absolute Gasteiger partial charge is 0.175 e. The van der Waals surface area contributed by atoms with Crippen molar-refractivity contribution in [2.45, 2.75) is 24.3 Å². The van der Waals surface area contributed by atoms with Crippen LogP contribution in [0.25, 0.3) is 11.1 Å². The maximum Gasteiger partial charge on any atom is 0.175 e. The summed E-state index contributed by atoms with van der Waals surface area (Å²) in [7, 11) is -3.18. The van der Waals surface area contributed by atoms with Crippen LogP contribution < -0.4 is 0 Å². The van der Waals surface area contributed by atoms with Gasteiger partial charge in [0, 0.05) is 11.7 Å². The average molecular weight is 352 g/mol. The quantitative estimate of drug-likeness (QED) is 0.909. The maximum atomic E-state index is 11.7. The molecule has 1 saturated carbocycles. The van der Waals surface area contributed by atoms with E-state index in [-0.39, 0.29) is 12.0 Å². The molecule has 128 valence electrons. The Morgan fingerprint density at radius 2 is 1.36 bits per heavy atom. The largest absolute Gasteiger partial charge is 0.392 e. The van der Waals surface area contributed by atoms with Crippen LogP contribution in [-0.2, 0) is 16.4 Å². The van der Waals surface area contributed by atoms with Crippen LogP contribution in [-0.4, -0.2) is 19.8 Å². The fraction of sp³-hybridized carbons (Fsp3) is 0.238. The van der Waals surface area contributed by atoms with Crippen molar-refractivity contribution in [3.8, 4) is 0 Å². The lowest BCUT2D eigenvalue weighted by atomic mass is 9.94. The molecule has 0 aromatic heterocycles. The Morgan fingerprint density at radius 3 is 1.76 bits per heavy atom. The fourth-order valence-corrected chi connectivity index (χ4v) is 3.98. The number of sulfone groups is 1. The molecule has 25 heavy (non-hydrogen) atoms. The molecule has 0 atom stereocenters. The van der Waals surface area contributed by atoms with Gasteiger partial charge in [-0.3, -0.25) is 0 Å². The zero-order chi connectivity index (χ0) is 17.7. The maximum absolute atomic E-state index is 11.7. The number of hydrogen-bond acceptors (Lipinski definition) is 3. The highest BCUT2D eigenvalue weighted by atomic mass is 32.2. The summed E-state index contributed by atoms with van der Waals surface area (Å²) in [6.07, 6.45) is 8.20. The molecule has 2 aliphatic carbocycles. The van der Waals surface area contributed by atoms with Gasteiger partial charge in [-0.2, -0.15) is 0 Å². The van der Waals surface area contributed by atoms with Crippen LogP contribution in [0.2, 0.25) is 0 Å². The van der Waals surface area contributed by atoms with Crippen molar-refractivity contribution in [1.29, 1.82) is 0 Å². The van der Waals surface area contributed by atoms with Gasteiger partial charge in [0.2, 0.25) is 0 Å². The van der Waals surface area contributed by atoms with Crippen LogP contribution >= 0.6 is 0 Å². The number of benzene rings is 2. The third-order valence-corrected chi connectivity index (χ3v) is 6.15. The zero-order valence-electron chi connectivity index (χ0n) is 14.1. The van der Waals surface area contributed by atoms with Gasteiger partial charge < -0.3 is 5.11 Å². The normalized spacial score (nSPS) is 18.2. The van der Waals surface area contributed by atoms with E-state index in [0.717, 1.165) is 35.1 Å². The molecular weight excluding hydrogens is 332 g/mol. The van der Waals surface area contributed by atoms with Gasteiger partial charge in [-0.25, -0.2) is 8.42 Å². The van der Waals surface area contributed by atoms with E-state index in [9.17, 15) is 13.5 Å². The molecule has 4 rings (SSSR count). The lowest BCUT2D eigenvalue weighted by Gasteiger charge is -2.11. The summed E-state index contributed by atoms with van der Waals surface area (Å²) in [6, 6.07) is 15.1. The van der Waals surface area contributed by atoms with Gasteiger partial charge in [-0.05, 0) is 52.8 Å². The lowest BCUT2D eigenvalue weighted by molar-refractivity contribution is 0.282. The summed E-state index contributed by atoms with van der Waals surface area (Å²) in [5, 5.41) is 9.23. The minimum atomic E-state index is -3.18. The first-order valence-electron chi connectivity index (χ1n) is 8.37.